The molecular weight excluding hydrogens is 218 g/mol. The van der Waals surface area contributed by atoms with Crippen molar-refractivity contribution < 1.29 is 0 Å². The van der Waals surface area contributed by atoms with Crippen molar-refractivity contribution >= 4 is 17.6 Å². The predicted octanol–water partition coefficient (Wildman–Crippen LogP) is 2.81. The van der Waals surface area contributed by atoms with Gasteiger partial charge < -0.3 is 5.32 Å². The minimum Gasteiger partial charge on any atom is -0.366 e. The van der Waals surface area contributed by atoms with Crippen molar-refractivity contribution in [3.8, 4) is 0 Å². The molecule has 2 rings (SSSR count). The topological polar surface area (TPSA) is 37.8 Å². The third-order valence-electron chi connectivity index (χ3n) is 2.15. The van der Waals surface area contributed by atoms with Crippen LogP contribution in [0.2, 0.25) is 0 Å². The first-order chi connectivity index (χ1) is 7.88. The molecule has 2 aromatic heterocycles. The number of rotatable bonds is 4. The smallest absolute Gasteiger partial charge is 0.126 e. The summed E-state index contributed by atoms with van der Waals surface area (Å²) in [7, 11) is 0. The second-order valence-corrected chi connectivity index (χ2v) is 4.10. The molecule has 0 fully saturated rings. The van der Waals surface area contributed by atoms with Crippen molar-refractivity contribution in [1.82, 2.24) is 9.97 Å². The molecule has 4 heteroatoms. The van der Waals surface area contributed by atoms with Gasteiger partial charge in [0.15, 0.2) is 0 Å². The van der Waals surface area contributed by atoms with Gasteiger partial charge in [-0.2, -0.15) is 0 Å². The first-order valence-electron chi connectivity index (χ1n) is 5.02. The van der Waals surface area contributed by atoms with Crippen molar-refractivity contribution in [2.75, 3.05) is 11.6 Å². The van der Waals surface area contributed by atoms with Crippen LogP contribution in [0.5, 0.6) is 0 Å². The van der Waals surface area contributed by atoms with Crippen LogP contribution in [-0.2, 0) is 6.54 Å². The lowest BCUT2D eigenvalue weighted by Crippen LogP contribution is -2.01. The van der Waals surface area contributed by atoms with E-state index in [1.54, 1.807) is 18.0 Å². The van der Waals surface area contributed by atoms with Crippen LogP contribution < -0.4 is 5.32 Å². The van der Waals surface area contributed by atoms with Gasteiger partial charge in [0.2, 0.25) is 0 Å². The van der Waals surface area contributed by atoms with Gasteiger partial charge >= 0.3 is 0 Å². The zero-order valence-corrected chi connectivity index (χ0v) is 9.87. The zero-order chi connectivity index (χ0) is 11.2. The maximum atomic E-state index is 4.31. The highest BCUT2D eigenvalue weighted by atomic mass is 32.2. The summed E-state index contributed by atoms with van der Waals surface area (Å²) in [5.74, 6) is 0.886. The van der Waals surface area contributed by atoms with Crippen molar-refractivity contribution in [2.24, 2.45) is 0 Å². The van der Waals surface area contributed by atoms with Crippen LogP contribution in [0.3, 0.4) is 0 Å². The molecule has 1 N–H and O–H groups in total. The summed E-state index contributed by atoms with van der Waals surface area (Å²) in [6.07, 6.45) is 5.69. The molecule has 16 heavy (non-hydrogen) atoms. The first kappa shape index (κ1) is 11.0. The highest BCUT2D eigenvalue weighted by Crippen LogP contribution is 2.11. The van der Waals surface area contributed by atoms with Crippen molar-refractivity contribution in [3.05, 3.63) is 48.3 Å². The lowest BCUT2D eigenvalue weighted by atomic mass is 10.3. The molecule has 0 unspecified atom stereocenters. The van der Waals surface area contributed by atoms with Gasteiger partial charge in [0.1, 0.15) is 5.82 Å². The lowest BCUT2D eigenvalue weighted by Gasteiger charge is -2.05. The van der Waals surface area contributed by atoms with Gasteiger partial charge in [-0.25, -0.2) is 9.97 Å². The molecule has 0 aliphatic carbocycles. The number of nitrogens with zero attached hydrogens (tertiary/aromatic N) is 2. The molecule has 3 nitrogen and oxygen atoms in total. The standard InChI is InChI=1S/C12H13N3S/c1-16-12-6-5-10(9-15-12)8-14-11-4-2-3-7-13-11/h2-7,9H,8H2,1H3,(H,13,14). The fourth-order valence-electron chi connectivity index (χ4n) is 1.30. The molecule has 0 radical (unpaired) electrons. The maximum Gasteiger partial charge on any atom is 0.126 e. The Morgan fingerprint density at radius 1 is 1.19 bits per heavy atom. The maximum absolute atomic E-state index is 4.31. The Morgan fingerprint density at radius 2 is 2.12 bits per heavy atom. The summed E-state index contributed by atoms with van der Waals surface area (Å²) in [6, 6.07) is 9.92. The summed E-state index contributed by atoms with van der Waals surface area (Å²) in [6.45, 7) is 0.749. The molecule has 0 aromatic carbocycles. The lowest BCUT2D eigenvalue weighted by molar-refractivity contribution is 1.04. The minimum atomic E-state index is 0.749. The summed E-state index contributed by atoms with van der Waals surface area (Å²) < 4.78 is 0. The molecule has 82 valence electrons. The quantitative estimate of drug-likeness (QED) is 0.821. The van der Waals surface area contributed by atoms with E-state index in [0.717, 1.165) is 23.0 Å². The number of aromatic nitrogens is 2. The van der Waals surface area contributed by atoms with Crippen LogP contribution in [-0.4, -0.2) is 16.2 Å². The van der Waals surface area contributed by atoms with E-state index in [9.17, 15) is 0 Å². The second kappa shape index (κ2) is 5.51. The summed E-state index contributed by atoms with van der Waals surface area (Å²) >= 11 is 1.65. The Kier molecular flexibility index (Phi) is 3.77. The van der Waals surface area contributed by atoms with Crippen molar-refractivity contribution in [3.63, 3.8) is 0 Å². The molecule has 0 saturated carbocycles. The average molecular weight is 231 g/mol. The van der Waals surface area contributed by atoms with E-state index in [4.69, 9.17) is 0 Å². The number of pyridine rings is 2. The first-order valence-corrected chi connectivity index (χ1v) is 6.25. The van der Waals surface area contributed by atoms with E-state index in [1.807, 2.05) is 36.7 Å². The SMILES string of the molecule is CSc1ccc(CNc2ccccn2)cn1. The zero-order valence-electron chi connectivity index (χ0n) is 9.05. The highest BCUT2D eigenvalue weighted by Gasteiger charge is 1.95. The van der Waals surface area contributed by atoms with Crippen LogP contribution in [0.25, 0.3) is 0 Å². The van der Waals surface area contributed by atoms with E-state index >= 15 is 0 Å². The Labute approximate surface area is 99.3 Å². The normalized spacial score (nSPS) is 10.1. The minimum absolute atomic E-state index is 0.749. The third-order valence-corrected chi connectivity index (χ3v) is 2.81. The highest BCUT2D eigenvalue weighted by molar-refractivity contribution is 7.98. The van der Waals surface area contributed by atoms with Crippen molar-refractivity contribution in [1.29, 1.82) is 0 Å². The van der Waals surface area contributed by atoms with Gasteiger partial charge in [-0.3, -0.25) is 0 Å². The molecule has 0 bridgehead atoms. The Bertz CT molecular complexity index is 428. The molecule has 0 amide bonds. The fraction of sp³-hybridized carbons (Fsp3) is 0.167. The summed E-state index contributed by atoms with van der Waals surface area (Å²) in [5, 5.41) is 4.28. The average Bonchev–Trinajstić information content (AvgIpc) is 2.38. The van der Waals surface area contributed by atoms with Gasteiger partial charge in [-0.1, -0.05) is 12.1 Å². The molecule has 0 saturated heterocycles. The largest absolute Gasteiger partial charge is 0.366 e. The second-order valence-electron chi connectivity index (χ2n) is 3.28. The molecular formula is C12H13N3S. The molecule has 2 aromatic rings. The number of thioether (sulfide) groups is 1. The van der Waals surface area contributed by atoms with Gasteiger partial charge in [0.25, 0.3) is 0 Å². The van der Waals surface area contributed by atoms with Crippen molar-refractivity contribution in [2.45, 2.75) is 11.6 Å². The van der Waals surface area contributed by atoms with E-state index in [1.165, 1.54) is 0 Å². The van der Waals surface area contributed by atoms with Crippen LogP contribution in [0.4, 0.5) is 5.82 Å². The summed E-state index contributed by atoms with van der Waals surface area (Å²) in [4.78, 5) is 8.50. The molecule has 0 aliphatic heterocycles. The Hall–Kier alpha value is -1.55. The van der Waals surface area contributed by atoms with Crippen LogP contribution >= 0.6 is 11.8 Å². The Morgan fingerprint density at radius 3 is 2.75 bits per heavy atom. The number of hydrogen-bond acceptors (Lipinski definition) is 4. The monoisotopic (exact) mass is 231 g/mol. The van der Waals surface area contributed by atoms with E-state index in [0.29, 0.717) is 0 Å². The fourth-order valence-corrected chi connectivity index (χ4v) is 1.66. The van der Waals surface area contributed by atoms with Gasteiger partial charge in [0, 0.05) is 18.9 Å². The molecule has 0 atom stereocenters. The van der Waals surface area contributed by atoms with E-state index in [2.05, 4.69) is 21.4 Å². The summed E-state index contributed by atoms with van der Waals surface area (Å²) in [5.41, 5.74) is 1.16. The van der Waals surface area contributed by atoms with E-state index in [-0.39, 0.29) is 0 Å². The van der Waals surface area contributed by atoms with Gasteiger partial charge in [-0.15, -0.1) is 11.8 Å². The van der Waals surface area contributed by atoms with Crippen LogP contribution in [0, 0.1) is 0 Å². The molecule has 0 aliphatic rings. The molecule has 2 heterocycles. The number of anilines is 1. The van der Waals surface area contributed by atoms with Gasteiger partial charge in [-0.05, 0) is 30.0 Å². The van der Waals surface area contributed by atoms with Crippen LogP contribution in [0.15, 0.2) is 47.8 Å². The van der Waals surface area contributed by atoms with Crippen LogP contribution in [0.1, 0.15) is 5.56 Å². The number of hydrogen-bond donors (Lipinski definition) is 1. The predicted molar refractivity (Wildman–Crippen MR) is 67.6 cm³/mol. The molecule has 0 spiro atoms. The van der Waals surface area contributed by atoms with Gasteiger partial charge in [0.05, 0.1) is 5.03 Å². The third kappa shape index (κ3) is 2.97. The van der Waals surface area contributed by atoms with E-state index < -0.39 is 0 Å². The Balaban J connectivity index is 1.94. The number of nitrogens with one attached hydrogen (secondary N) is 1.